The largest absolute Gasteiger partial charge is 0.462 e. The van der Waals surface area contributed by atoms with Crippen LogP contribution < -0.4 is 0 Å². The molecule has 0 unspecified atom stereocenters. The van der Waals surface area contributed by atoms with Gasteiger partial charge in [0.05, 0.1) is 17.9 Å². The summed E-state index contributed by atoms with van der Waals surface area (Å²) in [6, 6.07) is 7.12. The van der Waals surface area contributed by atoms with Gasteiger partial charge < -0.3 is 9.58 Å². The maximum atomic E-state index is 11.5. The molecular weight excluding hydrogens is 260 g/mol. The Morgan fingerprint density at radius 3 is 2.79 bits per heavy atom. The van der Waals surface area contributed by atoms with E-state index in [-0.39, 0.29) is 5.97 Å². The van der Waals surface area contributed by atoms with E-state index in [0.29, 0.717) is 18.7 Å². The number of carbonyl (C=O) groups is 1. The first-order valence-corrected chi connectivity index (χ1v) is 6.67. The summed E-state index contributed by atoms with van der Waals surface area (Å²) in [4.78, 5) is 19.2. The Balaban J connectivity index is 2.17. The van der Waals surface area contributed by atoms with Gasteiger partial charge in [-0.05, 0) is 19.1 Å². The van der Waals surface area contributed by atoms with E-state index in [4.69, 9.17) is 11.3 Å². The number of thiazole rings is 1. The third-order valence-corrected chi connectivity index (χ3v) is 3.29. The molecule has 0 aliphatic rings. The molecule has 0 saturated heterocycles. The Bertz CT molecular complexity index is 611. The summed E-state index contributed by atoms with van der Waals surface area (Å²) in [5.74, 6) is -0.318. The smallest absolute Gasteiger partial charge is 0.338 e. The van der Waals surface area contributed by atoms with Crippen LogP contribution in [0.2, 0.25) is 0 Å². The number of hydrogen-bond donors (Lipinski definition) is 0. The highest BCUT2D eigenvalue weighted by Crippen LogP contribution is 2.22. The van der Waals surface area contributed by atoms with Crippen LogP contribution in [-0.2, 0) is 11.3 Å². The number of rotatable bonds is 4. The summed E-state index contributed by atoms with van der Waals surface area (Å²) in [5.41, 5.74) is 2.29. The summed E-state index contributed by atoms with van der Waals surface area (Å²) in [6.07, 6.45) is 0. The monoisotopic (exact) mass is 272 g/mol. The number of esters is 1. The Hall–Kier alpha value is -2.19. The van der Waals surface area contributed by atoms with Gasteiger partial charge in [0.2, 0.25) is 0 Å². The Morgan fingerprint density at radius 1 is 1.42 bits per heavy atom. The lowest BCUT2D eigenvalue weighted by Gasteiger charge is -2.02. The minimum Gasteiger partial charge on any atom is -0.462 e. The van der Waals surface area contributed by atoms with Gasteiger partial charge in [0.15, 0.2) is 5.01 Å². The molecule has 4 nitrogen and oxygen atoms in total. The van der Waals surface area contributed by atoms with E-state index in [0.717, 1.165) is 16.3 Å². The average molecular weight is 272 g/mol. The van der Waals surface area contributed by atoms with Gasteiger partial charge in [-0.1, -0.05) is 12.1 Å². The molecule has 0 radical (unpaired) electrons. The topological polar surface area (TPSA) is 43.5 Å². The van der Waals surface area contributed by atoms with Gasteiger partial charge in [-0.25, -0.2) is 16.4 Å². The number of benzene rings is 1. The van der Waals surface area contributed by atoms with Gasteiger partial charge in [0, 0.05) is 10.9 Å². The van der Waals surface area contributed by atoms with Crippen molar-refractivity contribution in [1.82, 2.24) is 4.98 Å². The molecule has 1 aromatic carbocycles. The van der Waals surface area contributed by atoms with Gasteiger partial charge in [-0.15, -0.1) is 11.3 Å². The van der Waals surface area contributed by atoms with E-state index < -0.39 is 0 Å². The van der Waals surface area contributed by atoms with Crippen molar-refractivity contribution in [1.29, 1.82) is 0 Å². The summed E-state index contributed by atoms with van der Waals surface area (Å²) in [7, 11) is 0. The molecule has 0 spiro atoms. The van der Waals surface area contributed by atoms with Crippen molar-refractivity contribution < 1.29 is 9.53 Å². The lowest BCUT2D eigenvalue weighted by molar-refractivity contribution is 0.0526. The van der Waals surface area contributed by atoms with E-state index in [9.17, 15) is 4.79 Å². The van der Waals surface area contributed by atoms with Crippen LogP contribution in [0.3, 0.4) is 0 Å². The fourth-order valence-electron chi connectivity index (χ4n) is 1.58. The van der Waals surface area contributed by atoms with E-state index >= 15 is 0 Å². The molecule has 1 aromatic heterocycles. The summed E-state index contributed by atoms with van der Waals surface area (Å²) >= 11 is 1.47. The van der Waals surface area contributed by atoms with Crippen molar-refractivity contribution in [3.63, 3.8) is 0 Å². The van der Waals surface area contributed by atoms with Crippen LogP contribution >= 0.6 is 11.3 Å². The predicted octanol–water partition coefficient (Wildman–Crippen LogP) is 3.41. The number of nitrogens with zero attached hydrogens (tertiary/aromatic N) is 2. The number of aromatic nitrogens is 1. The molecule has 0 N–H and O–H groups in total. The van der Waals surface area contributed by atoms with Gasteiger partial charge in [-0.3, -0.25) is 0 Å². The second kappa shape index (κ2) is 6.12. The summed E-state index contributed by atoms with van der Waals surface area (Å²) < 4.78 is 4.92. The molecule has 0 fully saturated rings. The molecule has 0 atom stereocenters. The van der Waals surface area contributed by atoms with Gasteiger partial charge in [0.1, 0.15) is 0 Å². The van der Waals surface area contributed by atoms with Crippen molar-refractivity contribution in [2.24, 2.45) is 0 Å². The highest BCUT2D eigenvalue weighted by molar-refractivity contribution is 7.09. The van der Waals surface area contributed by atoms with E-state index in [1.54, 1.807) is 19.1 Å². The van der Waals surface area contributed by atoms with Crippen molar-refractivity contribution in [3.05, 3.63) is 51.6 Å². The Morgan fingerprint density at radius 2 is 2.16 bits per heavy atom. The quantitative estimate of drug-likeness (QED) is 0.633. The third kappa shape index (κ3) is 3.18. The van der Waals surface area contributed by atoms with Crippen LogP contribution in [0.5, 0.6) is 0 Å². The highest BCUT2D eigenvalue weighted by atomic mass is 32.1. The van der Waals surface area contributed by atoms with Gasteiger partial charge in [-0.2, -0.15) is 0 Å². The van der Waals surface area contributed by atoms with Crippen LogP contribution in [0.15, 0.2) is 29.6 Å². The second-order valence-corrected chi connectivity index (χ2v) is 4.68. The fraction of sp³-hybridized carbons (Fsp3) is 0.214. The van der Waals surface area contributed by atoms with Crippen LogP contribution in [0, 0.1) is 6.57 Å². The standard InChI is InChI=1S/C14H12N2O2S/c1-3-18-14(17)11-6-4-10(5-7-11)12-9-19-13(16-12)8-15-2/h4-7,9H,3,8H2,1H3. The van der Waals surface area contributed by atoms with Crippen LogP contribution in [-0.4, -0.2) is 17.6 Å². The molecule has 0 bridgehead atoms. The van der Waals surface area contributed by atoms with Crippen molar-refractivity contribution in [3.8, 4) is 11.3 Å². The minimum absolute atomic E-state index is 0.311. The maximum absolute atomic E-state index is 11.5. The molecule has 0 amide bonds. The molecular formula is C14H12N2O2S. The van der Waals surface area contributed by atoms with E-state index in [1.165, 1.54) is 11.3 Å². The van der Waals surface area contributed by atoms with Gasteiger partial charge >= 0.3 is 5.97 Å². The Kier molecular flexibility index (Phi) is 4.26. The number of carbonyl (C=O) groups excluding carboxylic acids is 1. The SMILES string of the molecule is [C-]#[N+]Cc1nc(-c2ccc(C(=O)OCC)cc2)cs1. The Labute approximate surface area is 115 Å². The normalized spacial score (nSPS) is 9.89. The average Bonchev–Trinajstić information content (AvgIpc) is 2.88. The fourth-order valence-corrected chi connectivity index (χ4v) is 2.30. The first-order valence-electron chi connectivity index (χ1n) is 5.79. The summed E-state index contributed by atoms with van der Waals surface area (Å²) in [6.45, 7) is 9.27. The zero-order valence-corrected chi connectivity index (χ0v) is 11.2. The number of hydrogen-bond acceptors (Lipinski definition) is 4. The summed E-state index contributed by atoms with van der Waals surface area (Å²) in [5, 5.41) is 2.72. The molecule has 1 heterocycles. The van der Waals surface area contributed by atoms with Crippen molar-refractivity contribution in [2.75, 3.05) is 6.61 Å². The zero-order valence-electron chi connectivity index (χ0n) is 10.4. The highest BCUT2D eigenvalue weighted by Gasteiger charge is 2.09. The molecule has 0 saturated carbocycles. The second-order valence-electron chi connectivity index (χ2n) is 3.74. The van der Waals surface area contributed by atoms with E-state index in [1.807, 2.05) is 17.5 Å². The third-order valence-electron chi connectivity index (χ3n) is 2.46. The van der Waals surface area contributed by atoms with Gasteiger partial charge in [0.25, 0.3) is 6.54 Å². The molecule has 0 aliphatic carbocycles. The molecule has 2 rings (SSSR count). The minimum atomic E-state index is -0.318. The van der Waals surface area contributed by atoms with Crippen molar-refractivity contribution in [2.45, 2.75) is 13.5 Å². The lowest BCUT2D eigenvalue weighted by Crippen LogP contribution is -2.03. The van der Waals surface area contributed by atoms with Crippen LogP contribution in [0.1, 0.15) is 22.3 Å². The number of ether oxygens (including phenoxy) is 1. The van der Waals surface area contributed by atoms with E-state index in [2.05, 4.69) is 9.83 Å². The lowest BCUT2D eigenvalue weighted by atomic mass is 10.1. The predicted molar refractivity (Wildman–Crippen MR) is 73.8 cm³/mol. The molecule has 5 heteroatoms. The first kappa shape index (κ1) is 13.2. The molecule has 19 heavy (non-hydrogen) atoms. The maximum Gasteiger partial charge on any atom is 0.338 e. The zero-order chi connectivity index (χ0) is 13.7. The molecule has 0 aliphatic heterocycles. The van der Waals surface area contributed by atoms with Crippen LogP contribution in [0.25, 0.3) is 16.1 Å². The van der Waals surface area contributed by atoms with Crippen LogP contribution in [0.4, 0.5) is 0 Å². The molecule has 2 aromatic rings. The van der Waals surface area contributed by atoms with Crippen molar-refractivity contribution >= 4 is 17.3 Å². The molecule has 96 valence electrons. The first-order chi connectivity index (χ1) is 9.24.